The van der Waals surface area contributed by atoms with E-state index >= 15 is 0 Å². The number of amides is 1. The fourth-order valence-corrected chi connectivity index (χ4v) is 6.05. The third-order valence-corrected chi connectivity index (χ3v) is 8.20. The van der Waals surface area contributed by atoms with Gasteiger partial charge >= 0.3 is 11.9 Å². The number of thiazole rings is 1. The topological polar surface area (TPSA) is 78.4 Å². The molecule has 13 heteroatoms. The van der Waals surface area contributed by atoms with Crippen molar-refractivity contribution in [3.63, 3.8) is 0 Å². The van der Waals surface area contributed by atoms with Crippen molar-refractivity contribution in [1.82, 2.24) is 13.7 Å². The summed E-state index contributed by atoms with van der Waals surface area (Å²) >= 11 is 2.36. The smallest absolute Gasteiger partial charge is 0.319 e. The molecule has 0 unspecified atom stereocenters. The highest BCUT2D eigenvalue weighted by Gasteiger charge is 2.34. The first-order valence-corrected chi connectivity index (χ1v) is 12.3. The number of aromatic nitrogens is 3. The molecule has 0 aliphatic rings. The number of benzene rings is 1. The van der Waals surface area contributed by atoms with Gasteiger partial charge < -0.3 is 4.57 Å². The van der Waals surface area contributed by atoms with Gasteiger partial charge in [0.05, 0.1) is 23.1 Å². The Morgan fingerprint density at radius 2 is 1.78 bits per heavy atom. The number of aryl methyl sites for hydroxylation is 2. The van der Waals surface area contributed by atoms with Crippen molar-refractivity contribution in [2.24, 2.45) is 26.1 Å². The molecule has 0 saturated heterocycles. The number of hydrogen-bond donors (Lipinski definition) is 0. The van der Waals surface area contributed by atoms with Crippen LogP contribution in [0.3, 0.4) is 0 Å². The number of halogens is 4. The number of hydrogen-bond acceptors (Lipinski definition) is 5. The Kier molecular flexibility index (Phi) is 6.64. The van der Waals surface area contributed by atoms with Gasteiger partial charge in [-0.2, -0.15) is 18.2 Å². The minimum absolute atomic E-state index is 0.168. The van der Waals surface area contributed by atoms with Crippen molar-refractivity contribution in [3.8, 4) is 11.3 Å². The van der Waals surface area contributed by atoms with Crippen molar-refractivity contribution in [3.05, 3.63) is 71.0 Å². The summed E-state index contributed by atoms with van der Waals surface area (Å²) in [5.41, 5.74) is -1.20. The summed E-state index contributed by atoms with van der Waals surface area (Å²) in [5, 5.41) is 1.87. The molecular formula is C23H20F4N4O3S2. The van der Waals surface area contributed by atoms with E-state index in [9.17, 15) is 31.9 Å². The van der Waals surface area contributed by atoms with E-state index in [2.05, 4.69) is 4.99 Å². The first-order chi connectivity index (χ1) is 16.8. The summed E-state index contributed by atoms with van der Waals surface area (Å²) in [4.78, 5) is 43.7. The average Bonchev–Trinajstić information content (AvgIpc) is 3.35. The zero-order valence-electron chi connectivity index (χ0n) is 19.6. The lowest BCUT2D eigenvalue weighted by Gasteiger charge is -2.09. The van der Waals surface area contributed by atoms with Crippen molar-refractivity contribution in [1.29, 1.82) is 0 Å². The molecule has 190 valence electrons. The molecular weight excluding hydrogens is 520 g/mol. The second kappa shape index (κ2) is 9.28. The number of rotatable bonds is 4. The molecule has 1 amide bonds. The molecule has 0 bridgehead atoms. The van der Waals surface area contributed by atoms with Crippen LogP contribution in [0, 0.1) is 5.82 Å². The molecule has 0 atom stereocenters. The van der Waals surface area contributed by atoms with Crippen molar-refractivity contribution in [2.75, 3.05) is 0 Å². The number of carbonyl (C=O) groups is 1. The summed E-state index contributed by atoms with van der Waals surface area (Å²) in [6, 6.07) is 2.62. The highest BCUT2D eigenvalue weighted by Crippen LogP contribution is 2.33. The maximum absolute atomic E-state index is 14.1. The van der Waals surface area contributed by atoms with Gasteiger partial charge in [0.1, 0.15) is 10.6 Å². The molecule has 36 heavy (non-hydrogen) atoms. The summed E-state index contributed by atoms with van der Waals surface area (Å²) in [5.74, 6) is -1.93. The quantitative estimate of drug-likeness (QED) is 0.370. The van der Waals surface area contributed by atoms with Crippen LogP contribution < -0.4 is 16.1 Å². The van der Waals surface area contributed by atoms with E-state index in [-0.39, 0.29) is 16.8 Å². The van der Waals surface area contributed by atoms with Gasteiger partial charge in [-0.15, -0.1) is 22.7 Å². The molecule has 7 nitrogen and oxygen atoms in total. The van der Waals surface area contributed by atoms with E-state index < -0.39 is 34.7 Å². The van der Waals surface area contributed by atoms with Crippen molar-refractivity contribution < 1.29 is 22.4 Å². The Morgan fingerprint density at radius 3 is 2.39 bits per heavy atom. The van der Waals surface area contributed by atoms with Gasteiger partial charge in [0.2, 0.25) is 0 Å². The maximum Gasteiger partial charge on any atom is 0.419 e. The van der Waals surface area contributed by atoms with Crippen LogP contribution in [-0.2, 0) is 45.0 Å². The lowest BCUT2D eigenvalue weighted by atomic mass is 10.1. The summed E-state index contributed by atoms with van der Waals surface area (Å²) in [6.45, 7) is 1.88. The van der Waals surface area contributed by atoms with Crippen molar-refractivity contribution >= 4 is 38.8 Å². The third-order valence-electron chi connectivity index (χ3n) is 5.83. The molecule has 0 aliphatic heterocycles. The van der Waals surface area contributed by atoms with Crippen LogP contribution in [0.1, 0.15) is 22.9 Å². The largest absolute Gasteiger partial charge is 0.419 e. The lowest BCUT2D eigenvalue weighted by molar-refractivity contribution is -0.140. The monoisotopic (exact) mass is 540 g/mol. The molecule has 0 N–H and O–H groups in total. The van der Waals surface area contributed by atoms with E-state index in [1.165, 1.54) is 27.5 Å². The van der Waals surface area contributed by atoms with Gasteiger partial charge in [0, 0.05) is 37.0 Å². The van der Waals surface area contributed by atoms with Crippen LogP contribution in [0.15, 0.2) is 38.2 Å². The summed E-state index contributed by atoms with van der Waals surface area (Å²) in [6.07, 6.45) is -4.42. The van der Waals surface area contributed by atoms with E-state index in [0.29, 0.717) is 34.0 Å². The molecule has 0 saturated carbocycles. The van der Waals surface area contributed by atoms with Gasteiger partial charge in [-0.3, -0.25) is 18.7 Å². The molecule has 4 aromatic rings. The van der Waals surface area contributed by atoms with Crippen LogP contribution in [0.25, 0.3) is 21.5 Å². The van der Waals surface area contributed by atoms with Crippen molar-refractivity contribution in [2.45, 2.75) is 25.9 Å². The van der Waals surface area contributed by atoms with Gasteiger partial charge in [-0.25, -0.2) is 9.18 Å². The molecule has 3 heterocycles. The minimum atomic E-state index is -4.80. The van der Waals surface area contributed by atoms with Crippen LogP contribution in [0.4, 0.5) is 17.6 Å². The molecule has 0 radical (unpaired) electrons. The molecule has 3 aromatic heterocycles. The maximum atomic E-state index is 14.1. The Labute approximate surface area is 209 Å². The molecule has 0 aliphatic carbocycles. The Balaban J connectivity index is 1.73. The third kappa shape index (κ3) is 4.37. The van der Waals surface area contributed by atoms with Gasteiger partial charge in [0.25, 0.3) is 11.5 Å². The van der Waals surface area contributed by atoms with E-state index in [1.54, 1.807) is 19.5 Å². The SMILES string of the molecule is CCc1sc2c(c1CC(=O)N=c1scc(-c3ccc(C(F)(F)F)c(F)c3)n1C)c(=O)n(C)c(=O)n2C. The van der Waals surface area contributed by atoms with Crippen LogP contribution >= 0.6 is 22.7 Å². The van der Waals surface area contributed by atoms with E-state index in [4.69, 9.17) is 0 Å². The molecule has 0 fully saturated rings. The van der Waals surface area contributed by atoms with Crippen LogP contribution in [0.5, 0.6) is 0 Å². The first-order valence-electron chi connectivity index (χ1n) is 10.6. The standard InChI is InChI=1S/C23H20F4N4O3S2/c1-5-16-12(18-19(33)30(3)22(34)31(4)20(18)36-16)9-17(32)28-21-29(2)15(10-35-21)11-6-7-13(14(24)8-11)23(25,26)27/h6-8,10H,5,9H2,1-4H3. The second-order valence-corrected chi connectivity index (χ2v) is 10.0. The Hall–Kier alpha value is -3.32. The summed E-state index contributed by atoms with van der Waals surface area (Å²) < 4.78 is 56.5. The normalized spacial score (nSPS) is 12.6. The number of alkyl halides is 3. The number of thiophene rings is 1. The molecule has 0 spiro atoms. The highest BCUT2D eigenvalue weighted by atomic mass is 32.1. The summed E-state index contributed by atoms with van der Waals surface area (Å²) in [7, 11) is 4.50. The van der Waals surface area contributed by atoms with Gasteiger partial charge in [-0.1, -0.05) is 13.0 Å². The van der Waals surface area contributed by atoms with E-state index in [0.717, 1.165) is 32.9 Å². The van der Waals surface area contributed by atoms with Crippen LogP contribution in [0.2, 0.25) is 0 Å². The lowest BCUT2D eigenvalue weighted by Crippen LogP contribution is -2.36. The predicted molar refractivity (Wildman–Crippen MR) is 130 cm³/mol. The number of carbonyl (C=O) groups excluding carboxylic acids is 1. The number of nitrogens with zero attached hydrogens (tertiary/aromatic N) is 4. The Morgan fingerprint density at radius 1 is 1.08 bits per heavy atom. The van der Waals surface area contributed by atoms with Gasteiger partial charge in [-0.05, 0) is 24.1 Å². The van der Waals surface area contributed by atoms with Gasteiger partial charge in [0.15, 0.2) is 4.80 Å². The Bertz CT molecular complexity index is 1700. The van der Waals surface area contributed by atoms with Crippen LogP contribution in [-0.4, -0.2) is 19.6 Å². The predicted octanol–water partition coefficient (Wildman–Crippen LogP) is 3.76. The first kappa shape index (κ1) is 25.8. The highest BCUT2D eigenvalue weighted by molar-refractivity contribution is 7.18. The fraction of sp³-hybridized carbons (Fsp3) is 0.304. The van der Waals surface area contributed by atoms with E-state index in [1.807, 2.05) is 6.92 Å². The molecule has 1 aromatic carbocycles. The zero-order valence-corrected chi connectivity index (χ0v) is 21.2. The zero-order chi connectivity index (χ0) is 26.5. The minimum Gasteiger partial charge on any atom is -0.319 e. The number of fused-ring (bicyclic) bond motifs is 1. The second-order valence-electron chi connectivity index (χ2n) is 8.08. The average molecular weight is 541 g/mol. The fourth-order valence-electron chi connectivity index (χ4n) is 3.93. The molecule has 4 rings (SSSR count).